The summed E-state index contributed by atoms with van der Waals surface area (Å²) in [5.41, 5.74) is 3.22. The summed E-state index contributed by atoms with van der Waals surface area (Å²) in [7, 11) is 0. The summed E-state index contributed by atoms with van der Waals surface area (Å²) in [5.74, 6) is -0.00449. The number of phenolic OH excluding ortho intramolecular Hbond substituents is 1. The molecule has 0 aliphatic rings. The first-order chi connectivity index (χ1) is 9.10. The number of aromatic hydroxyl groups is 1. The molecule has 0 saturated carbocycles. The molecule has 0 amide bonds. The topological polar surface area (TPSA) is 20.2 Å². The largest absolute Gasteiger partial charge is 0.506 e. The Bertz CT molecular complexity index is 578. The van der Waals surface area contributed by atoms with Gasteiger partial charge in [-0.15, -0.1) is 0 Å². The molecule has 1 nitrogen and oxygen atoms in total. The van der Waals surface area contributed by atoms with Crippen molar-refractivity contribution in [3.05, 3.63) is 63.1 Å². The van der Waals surface area contributed by atoms with E-state index in [2.05, 4.69) is 31.2 Å². The third-order valence-electron chi connectivity index (χ3n) is 2.89. The van der Waals surface area contributed by atoms with Crippen LogP contribution < -0.4 is 0 Å². The highest BCUT2D eigenvalue weighted by molar-refractivity contribution is 6.43. The van der Waals surface area contributed by atoms with Crippen LogP contribution in [0.15, 0.2) is 36.4 Å². The summed E-state index contributed by atoms with van der Waals surface area (Å²) in [5, 5.41) is 10.1. The Kier molecular flexibility index (Phi) is 4.52. The fraction of sp³-hybridized carbons (Fsp3) is 0.125. The molecule has 0 saturated heterocycles. The van der Waals surface area contributed by atoms with Crippen LogP contribution in [0.25, 0.3) is 12.2 Å². The van der Waals surface area contributed by atoms with Crippen LogP contribution in [0.5, 0.6) is 5.75 Å². The van der Waals surface area contributed by atoms with Gasteiger partial charge in [0.2, 0.25) is 0 Å². The van der Waals surface area contributed by atoms with E-state index in [1.807, 2.05) is 12.2 Å². The molecule has 0 unspecified atom stereocenters. The highest BCUT2D eigenvalue weighted by atomic mass is 35.5. The van der Waals surface area contributed by atoms with E-state index in [0.29, 0.717) is 5.02 Å². The predicted molar refractivity (Wildman–Crippen MR) is 82.9 cm³/mol. The second-order valence-electron chi connectivity index (χ2n) is 4.26. The van der Waals surface area contributed by atoms with Gasteiger partial charge in [0.05, 0.1) is 5.02 Å². The van der Waals surface area contributed by atoms with Crippen LogP contribution >= 0.6 is 23.2 Å². The zero-order valence-electron chi connectivity index (χ0n) is 10.5. The number of hydrogen-bond acceptors (Lipinski definition) is 1. The van der Waals surface area contributed by atoms with Crippen molar-refractivity contribution in [2.24, 2.45) is 0 Å². The van der Waals surface area contributed by atoms with Crippen LogP contribution in [-0.4, -0.2) is 5.11 Å². The van der Waals surface area contributed by atoms with E-state index in [1.165, 1.54) is 5.56 Å². The van der Waals surface area contributed by atoms with Crippen LogP contribution in [0, 0.1) is 0 Å². The third-order valence-corrected chi connectivity index (χ3v) is 3.68. The van der Waals surface area contributed by atoms with Gasteiger partial charge >= 0.3 is 0 Å². The van der Waals surface area contributed by atoms with Gasteiger partial charge in [0.15, 0.2) is 0 Å². The molecule has 0 aliphatic heterocycles. The molecule has 1 N–H and O–H groups in total. The standard InChI is InChI=1S/C16H14Cl2O/c1-2-11-3-5-12(6-4-11)7-8-13-9-14(17)16(18)15(19)10-13/h3-10,19H,2H2,1H3/b8-7+. The number of aryl methyl sites for hydroxylation is 1. The van der Waals surface area contributed by atoms with Gasteiger partial charge in [0.1, 0.15) is 10.8 Å². The first-order valence-corrected chi connectivity index (χ1v) is 6.80. The summed E-state index contributed by atoms with van der Waals surface area (Å²) >= 11 is 11.7. The molecule has 0 fully saturated rings. The first-order valence-electron chi connectivity index (χ1n) is 6.05. The van der Waals surface area contributed by atoms with Gasteiger partial charge in [-0.1, -0.05) is 66.5 Å². The normalized spacial score (nSPS) is 11.1. The van der Waals surface area contributed by atoms with Crippen molar-refractivity contribution in [3.8, 4) is 5.75 Å². The van der Waals surface area contributed by atoms with Crippen molar-refractivity contribution in [2.45, 2.75) is 13.3 Å². The minimum absolute atomic E-state index is 0.00449. The Hall–Kier alpha value is -1.44. The van der Waals surface area contributed by atoms with Crippen LogP contribution in [-0.2, 0) is 6.42 Å². The number of phenols is 1. The number of hydrogen-bond donors (Lipinski definition) is 1. The lowest BCUT2D eigenvalue weighted by atomic mass is 10.1. The summed E-state index contributed by atoms with van der Waals surface area (Å²) in [6, 6.07) is 11.6. The van der Waals surface area contributed by atoms with Crippen molar-refractivity contribution in [2.75, 3.05) is 0 Å². The van der Waals surface area contributed by atoms with Gasteiger partial charge in [-0.05, 0) is 35.2 Å². The van der Waals surface area contributed by atoms with Gasteiger partial charge in [-0.3, -0.25) is 0 Å². The molecule has 2 aromatic rings. The molecule has 0 aromatic heterocycles. The minimum atomic E-state index is -0.00449. The Balaban J connectivity index is 2.22. The van der Waals surface area contributed by atoms with Gasteiger partial charge in [-0.25, -0.2) is 0 Å². The highest BCUT2D eigenvalue weighted by Crippen LogP contribution is 2.32. The maximum absolute atomic E-state index is 9.60. The number of rotatable bonds is 3. The van der Waals surface area contributed by atoms with E-state index in [0.717, 1.165) is 17.5 Å². The third kappa shape index (κ3) is 3.52. The lowest BCUT2D eigenvalue weighted by molar-refractivity contribution is 0.475. The Labute approximate surface area is 123 Å². The Morgan fingerprint density at radius 1 is 1.00 bits per heavy atom. The SMILES string of the molecule is CCc1ccc(/C=C/c2cc(O)c(Cl)c(Cl)c2)cc1. The van der Waals surface area contributed by atoms with Gasteiger partial charge in [-0.2, -0.15) is 0 Å². The fourth-order valence-corrected chi connectivity index (χ4v) is 2.08. The molecule has 0 heterocycles. The Morgan fingerprint density at radius 3 is 2.21 bits per heavy atom. The zero-order valence-corrected chi connectivity index (χ0v) is 12.0. The lowest BCUT2D eigenvalue weighted by Gasteiger charge is -2.02. The van der Waals surface area contributed by atoms with E-state index < -0.39 is 0 Å². The number of benzene rings is 2. The fourth-order valence-electron chi connectivity index (χ4n) is 1.75. The Morgan fingerprint density at radius 2 is 1.63 bits per heavy atom. The van der Waals surface area contributed by atoms with Crippen molar-refractivity contribution in [1.82, 2.24) is 0 Å². The average molecular weight is 293 g/mol. The van der Waals surface area contributed by atoms with E-state index in [4.69, 9.17) is 23.2 Å². The molecule has 0 radical (unpaired) electrons. The summed E-state index contributed by atoms with van der Waals surface area (Å²) in [6.45, 7) is 2.13. The molecule has 2 rings (SSSR count). The summed E-state index contributed by atoms with van der Waals surface area (Å²) in [6.07, 6.45) is 4.89. The maximum Gasteiger partial charge on any atom is 0.136 e. The van der Waals surface area contributed by atoms with Crippen molar-refractivity contribution in [3.63, 3.8) is 0 Å². The second kappa shape index (κ2) is 6.14. The van der Waals surface area contributed by atoms with E-state index >= 15 is 0 Å². The molecule has 98 valence electrons. The van der Waals surface area contributed by atoms with Crippen LogP contribution in [0.1, 0.15) is 23.6 Å². The maximum atomic E-state index is 9.60. The van der Waals surface area contributed by atoms with Gasteiger partial charge in [0.25, 0.3) is 0 Å². The van der Waals surface area contributed by atoms with E-state index in [9.17, 15) is 5.11 Å². The molecule has 0 spiro atoms. The average Bonchev–Trinajstić information content (AvgIpc) is 2.43. The quantitative estimate of drug-likeness (QED) is 0.748. The molecule has 0 bridgehead atoms. The zero-order chi connectivity index (χ0) is 13.8. The smallest absolute Gasteiger partial charge is 0.136 e. The van der Waals surface area contributed by atoms with E-state index in [1.54, 1.807) is 12.1 Å². The molecular weight excluding hydrogens is 279 g/mol. The van der Waals surface area contributed by atoms with Crippen molar-refractivity contribution >= 4 is 35.4 Å². The van der Waals surface area contributed by atoms with Gasteiger partial charge < -0.3 is 5.11 Å². The first kappa shape index (κ1) is 14.0. The second-order valence-corrected chi connectivity index (χ2v) is 5.05. The lowest BCUT2D eigenvalue weighted by Crippen LogP contribution is -1.80. The van der Waals surface area contributed by atoms with Crippen molar-refractivity contribution in [1.29, 1.82) is 0 Å². The van der Waals surface area contributed by atoms with Crippen LogP contribution in [0.2, 0.25) is 10.0 Å². The predicted octanol–water partition coefficient (Wildman–Crippen LogP) is 5.43. The monoisotopic (exact) mass is 292 g/mol. The van der Waals surface area contributed by atoms with Crippen molar-refractivity contribution < 1.29 is 5.11 Å². The summed E-state index contributed by atoms with van der Waals surface area (Å²) in [4.78, 5) is 0. The minimum Gasteiger partial charge on any atom is -0.506 e. The number of halogens is 2. The molecule has 2 aromatic carbocycles. The molecule has 3 heteroatoms. The van der Waals surface area contributed by atoms with Crippen LogP contribution in [0.3, 0.4) is 0 Å². The van der Waals surface area contributed by atoms with E-state index in [-0.39, 0.29) is 10.8 Å². The molecule has 0 atom stereocenters. The highest BCUT2D eigenvalue weighted by Gasteiger charge is 2.04. The molecule has 19 heavy (non-hydrogen) atoms. The van der Waals surface area contributed by atoms with Gasteiger partial charge in [0, 0.05) is 0 Å². The molecular formula is C16H14Cl2O. The summed E-state index contributed by atoms with van der Waals surface area (Å²) < 4.78 is 0. The van der Waals surface area contributed by atoms with Crippen LogP contribution in [0.4, 0.5) is 0 Å². The molecule has 0 aliphatic carbocycles.